The van der Waals surface area contributed by atoms with Gasteiger partial charge in [0.05, 0.1) is 17.8 Å². The Labute approximate surface area is 194 Å². The molecular weight excluding hydrogens is 450 g/mol. The third-order valence-electron chi connectivity index (χ3n) is 5.23. The minimum atomic E-state index is -0.296. The number of piperidine rings is 1. The van der Waals surface area contributed by atoms with E-state index in [-0.39, 0.29) is 17.9 Å². The molecule has 0 radical (unpaired) electrons. The summed E-state index contributed by atoms with van der Waals surface area (Å²) in [6.07, 6.45) is 1.51. The van der Waals surface area contributed by atoms with Crippen molar-refractivity contribution in [2.75, 3.05) is 30.8 Å². The summed E-state index contributed by atoms with van der Waals surface area (Å²) in [5.74, 6) is 0.586. The second-order valence-corrected chi connectivity index (χ2v) is 8.72. The van der Waals surface area contributed by atoms with Gasteiger partial charge in [0, 0.05) is 24.7 Å². The normalized spacial score (nSPS) is 14.1. The second kappa shape index (κ2) is 9.97. The molecule has 2 heterocycles. The number of likely N-dealkylation sites (tertiary alicyclic amines) is 1. The van der Waals surface area contributed by atoms with E-state index < -0.39 is 0 Å². The van der Waals surface area contributed by atoms with Gasteiger partial charge in [0.2, 0.25) is 5.01 Å². The maximum Gasteiger partial charge on any atom is 0.321 e. The Morgan fingerprint density at radius 1 is 1.06 bits per heavy atom. The van der Waals surface area contributed by atoms with Crippen LogP contribution in [0.25, 0.3) is 0 Å². The van der Waals surface area contributed by atoms with Crippen LogP contribution >= 0.6 is 22.9 Å². The first-order valence-electron chi connectivity index (χ1n) is 10.1. The molecular formula is C22H22ClN5O3S. The number of aromatic nitrogens is 2. The highest BCUT2D eigenvalue weighted by atomic mass is 35.5. The number of nitrogens with zero attached hydrogens (tertiary/aromatic N) is 3. The van der Waals surface area contributed by atoms with Crippen LogP contribution < -0.4 is 15.4 Å². The lowest BCUT2D eigenvalue weighted by Gasteiger charge is -2.31. The molecule has 1 fully saturated rings. The summed E-state index contributed by atoms with van der Waals surface area (Å²) in [4.78, 5) is 26.8. The van der Waals surface area contributed by atoms with Gasteiger partial charge in [-0.15, -0.1) is 10.2 Å². The average Bonchev–Trinajstić information content (AvgIpc) is 3.32. The van der Waals surface area contributed by atoms with Crippen molar-refractivity contribution in [3.63, 3.8) is 0 Å². The van der Waals surface area contributed by atoms with E-state index >= 15 is 0 Å². The number of anilines is 2. The summed E-state index contributed by atoms with van der Waals surface area (Å²) in [5, 5.41) is 15.6. The lowest BCUT2D eigenvalue weighted by molar-refractivity contribution is 0.102. The lowest BCUT2D eigenvalue weighted by Crippen LogP contribution is -2.40. The molecule has 3 aromatic rings. The molecule has 0 atom stereocenters. The van der Waals surface area contributed by atoms with E-state index in [0.717, 1.165) is 17.8 Å². The summed E-state index contributed by atoms with van der Waals surface area (Å²) in [5.41, 5.74) is 1.25. The Balaban J connectivity index is 1.31. The van der Waals surface area contributed by atoms with Crippen molar-refractivity contribution in [2.45, 2.75) is 18.8 Å². The summed E-state index contributed by atoms with van der Waals surface area (Å²) in [6.45, 7) is 1.18. The molecule has 10 heteroatoms. The fourth-order valence-corrected chi connectivity index (χ4v) is 4.53. The minimum absolute atomic E-state index is 0.166. The van der Waals surface area contributed by atoms with Gasteiger partial charge in [-0.05, 0) is 49.2 Å². The molecule has 2 aromatic carbocycles. The first kappa shape index (κ1) is 22.0. The van der Waals surface area contributed by atoms with Crippen LogP contribution in [0.1, 0.15) is 33.6 Å². The van der Waals surface area contributed by atoms with Crippen LogP contribution in [-0.2, 0) is 0 Å². The zero-order valence-corrected chi connectivity index (χ0v) is 18.9. The number of para-hydroxylation sites is 1. The molecule has 4 rings (SSSR count). The van der Waals surface area contributed by atoms with Gasteiger partial charge in [-0.25, -0.2) is 4.79 Å². The Hall–Kier alpha value is -3.17. The lowest BCUT2D eigenvalue weighted by atomic mass is 9.98. The predicted octanol–water partition coefficient (Wildman–Crippen LogP) is 4.86. The quantitative estimate of drug-likeness (QED) is 0.553. The molecule has 0 saturated carbocycles. The number of rotatable bonds is 5. The number of hydrogen-bond acceptors (Lipinski definition) is 6. The Kier molecular flexibility index (Phi) is 6.87. The molecule has 0 spiro atoms. The average molecular weight is 472 g/mol. The third kappa shape index (κ3) is 5.17. The minimum Gasteiger partial charge on any atom is -0.497 e. The summed E-state index contributed by atoms with van der Waals surface area (Å²) < 4.78 is 5.12. The molecule has 1 aliphatic rings. The molecule has 1 aromatic heterocycles. The Bertz CT molecular complexity index is 1100. The van der Waals surface area contributed by atoms with Crippen molar-refractivity contribution in [2.24, 2.45) is 0 Å². The first-order chi connectivity index (χ1) is 15.5. The maximum atomic E-state index is 12.5. The summed E-state index contributed by atoms with van der Waals surface area (Å²) >= 11 is 7.41. The number of carbonyl (C=O) groups is 2. The highest BCUT2D eigenvalue weighted by Gasteiger charge is 2.27. The number of urea groups is 1. The van der Waals surface area contributed by atoms with Gasteiger partial charge in [-0.1, -0.05) is 35.1 Å². The zero-order chi connectivity index (χ0) is 22.5. The Morgan fingerprint density at radius 3 is 2.47 bits per heavy atom. The van der Waals surface area contributed by atoms with Crippen molar-refractivity contribution in [1.82, 2.24) is 15.1 Å². The number of amides is 3. The van der Waals surface area contributed by atoms with Gasteiger partial charge >= 0.3 is 6.03 Å². The van der Waals surface area contributed by atoms with Crippen LogP contribution in [0, 0.1) is 0 Å². The SMILES string of the molecule is COc1ccc(NC(=O)c2nnc(C3CCN(C(=O)Nc4ccccc4Cl)CC3)s2)cc1. The van der Waals surface area contributed by atoms with Crippen LogP contribution in [0.5, 0.6) is 5.75 Å². The van der Waals surface area contributed by atoms with Gasteiger partial charge in [0.25, 0.3) is 5.91 Å². The van der Waals surface area contributed by atoms with Crippen LogP contribution in [0.3, 0.4) is 0 Å². The summed E-state index contributed by atoms with van der Waals surface area (Å²) in [7, 11) is 1.59. The molecule has 2 N–H and O–H groups in total. The molecule has 1 aliphatic heterocycles. The third-order valence-corrected chi connectivity index (χ3v) is 6.64. The number of nitrogens with one attached hydrogen (secondary N) is 2. The van der Waals surface area contributed by atoms with E-state index in [9.17, 15) is 9.59 Å². The van der Waals surface area contributed by atoms with E-state index in [2.05, 4.69) is 20.8 Å². The smallest absolute Gasteiger partial charge is 0.321 e. The van der Waals surface area contributed by atoms with Gasteiger partial charge in [-0.3, -0.25) is 4.79 Å². The standard InChI is InChI=1S/C22H22ClN5O3S/c1-31-16-8-6-15(7-9-16)24-19(29)21-27-26-20(32-21)14-10-12-28(13-11-14)22(30)25-18-5-3-2-4-17(18)23/h2-9,14H,10-13H2,1H3,(H,24,29)(H,25,30). The van der Waals surface area contributed by atoms with Gasteiger partial charge < -0.3 is 20.3 Å². The number of halogens is 1. The van der Waals surface area contributed by atoms with Crippen molar-refractivity contribution in [1.29, 1.82) is 0 Å². The van der Waals surface area contributed by atoms with Crippen LogP contribution in [0.15, 0.2) is 48.5 Å². The molecule has 166 valence electrons. The molecule has 3 amide bonds. The van der Waals surface area contributed by atoms with E-state index in [1.807, 2.05) is 12.1 Å². The first-order valence-corrected chi connectivity index (χ1v) is 11.3. The van der Waals surface area contributed by atoms with Crippen molar-refractivity contribution in [3.8, 4) is 5.75 Å². The highest BCUT2D eigenvalue weighted by Crippen LogP contribution is 2.31. The van der Waals surface area contributed by atoms with Gasteiger partial charge in [-0.2, -0.15) is 0 Å². The van der Waals surface area contributed by atoms with E-state index in [1.54, 1.807) is 48.4 Å². The molecule has 0 aliphatic carbocycles. The van der Waals surface area contributed by atoms with Crippen molar-refractivity contribution < 1.29 is 14.3 Å². The monoisotopic (exact) mass is 471 g/mol. The largest absolute Gasteiger partial charge is 0.497 e. The van der Waals surface area contributed by atoms with E-state index in [1.165, 1.54) is 11.3 Å². The Morgan fingerprint density at radius 2 is 1.78 bits per heavy atom. The summed E-state index contributed by atoms with van der Waals surface area (Å²) in [6, 6.07) is 14.1. The molecule has 8 nitrogen and oxygen atoms in total. The van der Waals surface area contributed by atoms with Gasteiger partial charge in [0.15, 0.2) is 0 Å². The molecule has 0 unspecified atom stereocenters. The molecule has 0 bridgehead atoms. The van der Waals surface area contributed by atoms with E-state index in [4.69, 9.17) is 16.3 Å². The zero-order valence-electron chi connectivity index (χ0n) is 17.4. The number of benzene rings is 2. The van der Waals surface area contributed by atoms with E-state index in [0.29, 0.717) is 40.2 Å². The van der Waals surface area contributed by atoms with Crippen LogP contribution in [-0.4, -0.2) is 47.2 Å². The fraction of sp³-hybridized carbons (Fsp3) is 0.273. The number of methoxy groups -OCH3 is 1. The number of hydrogen-bond donors (Lipinski definition) is 2. The number of ether oxygens (including phenoxy) is 1. The molecule has 32 heavy (non-hydrogen) atoms. The topological polar surface area (TPSA) is 96.4 Å². The van der Waals surface area contributed by atoms with Crippen LogP contribution in [0.2, 0.25) is 5.02 Å². The highest BCUT2D eigenvalue weighted by molar-refractivity contribution is 7.13. The van der Waals surface area contributed by atoms with Gasteiger partial charge in [0.1, 0.15) is 10.8 Å². The van der Waals surface area contributed by atoms with Crippen molar-refractivity contribution in [3.05, 3.63) is 63.6 Å². The van der Waals surface area contributed by atoms with Crippen LogP contribution in [0.4, 0.5) is 16.2 Å². The second-order valence-electron chi connectivity index (χ2n) is 7.30. The predicted molar refractivity (Wildman–Crippen MR) is 125 cm³/mol. The maximum absolute atomic E-state index is 12.5. The van der Waals surface area contributed by atoms with Crippen molar-refractivity contribution >= 4 is 46.3 Å². The fourth-order valence-electron chi connectivity index (χ4n) is 3.44. The molecule has 1 saturated heterocycles. The number of carbonyl (C=O) groups excluding carboxylic acids is 2.